The third kappa shape index (κ3) is 3.66. The molecule has 0 saturated heterocycles. The second kappa shape index (κ2) is 6.48. The van der Waals surface area contributed by atoms with E-state index in [9.17, 15) is 0 Å². The Hall–Kier alpha value is -0.670. The molecule has 0 saturated carbocycles. The minimum absolute atomic E-state index is 0.0745. The summed E-state index contributed by atoms with van der Waals surface area (Å²) in [6.45, 7) is 0.0745. The van der Waals surface area contributed by atoms with E-state index in [1.807, 2.05) is 36.4 Å². The Morgan fingerprint density at radius 3 is 2.39 bits per heavy atom. The third-order valence-electron chi connectivity index (χ3n) is 2.51. The fraction of sp³-hybridized carbons (Fsp3) is 0.143. The molecule has 0 heterocycles. The molecule has 0 radical (unpaired) electrons. The summed E-state index contributed by atoms with van der Waals surface area (Å²) in [5.74, 6) is 0.776. The molecule has 0 aliphatic carbocycles. The number of aliphatic hydroxyl groups excluding tert-OH is 1. The first-order valence-electron chi connectivity index (χ1n) is 5.45. The molecule has 1 nitrogen and oxygen atoms in total. The Balaban J connectivity index is 2.04. The van der Waals surface area contributed by atoms with Gasteiger partial charge in [0.2, 0.25) is 0 Å². The zero-order valence-corrected chi connectivity index (χ0v) is 11.9. The van der Waals surface area contributed by atoms with E-state index in [0.29, 0.717) is 5.02 Å². The van der Waals surface area contributed by atoms with Gasteiger partial charge in [-0.3, -0.25) is 0 Å². The van der Waals surface area contributed by atoms with Crippen LogP contribution in [0.5, 0.6) is 0 Å². The van der Waals surface area contributed by atoms with Gasteiger partial charge in [0.05, 0.1) is 6.61 Å². The Labute approximate surface area is 121 Å². The van der Waals surface area contributed by atoms with Crippen LogP contribution in [0.4, 0.5) is 0 Å². The maximum Gasteiger partial charge on any atom is 0.0681 e. The summed E-state index contributed by atoms with van der Waals surface area (Å²) in [7, 11) is 0. The van der Waals surface area contributed by atoms with Gasteiger partial charge in [-0.2, -0.15) is 0 Å². The summed E-state index contributed by atoms with van der Waals surface area (Å²) in [5.41, 5.74) is 1.94. The molecule has 1 N–H and O–H groups in total. The zero-order valence-electron chi connectivity index (χ0n) is 9.57. The molecule has 0 unspecified atom stereocenters. The summed E-state index contributed by atoms with van der Waals surface area (Å²) in [6.07, 6.45) is 0. The summed E-state index contributed by atoms with van der Waals surface area (Å²) < 4.78 is 0. The van der Waals surface area contributed by atoms with Gasteiger partial charge in [-0.25, -0.2) is 0 Å². The Morgan fingerprint density at radius 2 is 1.72 bits per heavy atom. The molecule has 18 heavy (non-hydrogen) atoms. The van der Waals surface area contributed by atoms with Gasteiger partial charge in [0.15, 0.2) is 0 Å². The van der Waals surface area contributed by atoms with Crippen molar-refractivity contribution >= 4 is 35.0 Å². The fourth-order valence-electron chi connectivity index (χ4n) is 1.51. The van der Waals surface area contributed by atoms with Crippen LogP contribution in [0, 0.1) is 0 Å². The van der Waals surface area contributed by atoms with Crippen molar-refractivity contribution in [2.75, 3.05) is 0 Å². The average Bonchev–Trinajstić information content (AvgIpc) is 2.40. The number of benzene rings is 2. The number of rotatable bonds is 4. The van der Waals surface area contributed by atoms with Crippen molar-refractivity contribution < 1.29 is 5.11 Å². The summed E-state index contributed by atoms with van der Waals surface area (Å²) in [5, 5.41) is 10.4. The summed E-state index contributed by atoms with van der Waals surface area (Å²) in [6, 6.07) is 13.3. The smallest absolute Gasteiger partial charge is 0.0681 e. The predicted molar refractivity (Wildman–Crippen MR) is 78.4 cm³/mol. The SMILES string of the molecule is OCc1ccc(SCc2cc(Cl)ccc2Cl)cc1. The number of hydrogen-bond donors (Lipinski definition) is 1. The molecule has 2 aromatic rings. The average molecular weight is 299 g/mol. The molecule has 2 rings (SSSR count). The van der Waals surface area contributed by atoms with Crippen LogP contribution in [-0.2, 0) is 12.4 Å². The normalized spacial score (nSPS) is 10.6. The van der Waals surface area contributed by atoms with Crippen LogP contribution >= 0.6 is 35.0 Å². The number of hydrogen-bond acceptors (Lipinski definition) is 2. The lowest BCUT2D eigenvalue weighted by atomic mass is 10.2. The van der Waals surface area contributed by atoms with E-state index in [-0.39, 0.29) is 6.61 Å². The van der Waals surface area contributed by atoms with Crippen molar-refractivity contribution in [1.82, 2.24) is 0 Å². The second-order valence-electron chi connectivity index (χ2n) is 3.83. The molecule has 0 amide bonds. The Kier molecular flexibility index (Phi) is 4.95. The van der Waals surface area contributed by atoms with Crippen molar-refractivity contribution in [3.63, 3.8) is 0 Å². The highest BCUT2D eigenvalue weighted by atomic mass is 35.5. The van der Waals surface area contributed by atoms with Gasteiger partial charge in [0.1, 0.15) is 0 Å². The summed E-state index contributed by atoms with van der Waals surface area (Å²) in [4.78, 5) is 1.14. The van der Waals surface area contributed by atoms with Gasteiger partial charge < -0.3 is 5.11 Å². The largest absolute Gasteiger partial charge is 0.392 e. The molecular weight excluding hydrogens is 287 g/mol. The van der Waals surface area contributed by atoms with Gasteiger partial charge in [0.25, 0.3) is 0 Å². The van der Waals surface area contributed by atoms with Gasteiger partial charge in [0, 0.05) is 20.7 Å². The molecule has 4 heteroatoms. The van der Waals surface area contributed by atoms with Crippen LogP contribution in [0.25, 0.3) is 0 Å². The number of thioether (sulfide) groups is 1. The maximum atomic E-state index is 8.96. The van der Waals surface area contributed by atoms with Crippen LogP contribution in [0.2, 0.25) is 10.0 Å². The highest BCUT2D eigenvalue weighted by molar-refractivity contribution is 7.98. The lowest BCUT2D eigenvalue weighted by molar-refractivity contribution is 0.282. The zero-order chi connectivity index (χ0) is 13.0. The first-order chi connectivity index (χ1) is 8.69. The van der Waals surface area contributed by atoms with E-state index in [2.05, 4.69) is 0 Å². The first-order valence-corrected chi connectivity index (χ1v) is 7.20. The van der Waals surface area contributed by atoms with Crippen LogP contribution in [0.1, 0.15) is 11.1 Å². The van der Waals surface area contributed by atoms with Gasteiger partial charge in [-0.15, -0.1) is 11.8 Å². The first kappa shape index (κ1) is 13.8. The standard InChI is InChI=1S/C14H12Cl2OS/c15-12-3-6-14(16)11(7-12)9-18-13-4-1-10(8-17)2-5-13/h1-7,17H,8-9H2. The maximum absolute atomic E-state index is 8.96. The minimum atomic E-state index is 0.0745. The van der Waals surface area contributed by atoms with Crippen molar-refractivity contribution in [1.29, 1.82) is 0 Å². The van der Waals surface area contributed by atoms with E-state index < -0.39 is 0 Å². The molecule has 94 valence electrons. The van der Waals surface area contributed by atoms with E-state index in [1.54, 1.807) is 17.8 Å². The van der Waals surface area contributed by atoms with Crippen molar-refractivity contribution in [3.8, 4) is 0 Å². The van der Waals surface area contributed by atoms with Gasteiger partial charge >= 0.3 is 0 Å². The van der Waals surface area contributed by atoms with Crippen LogP contribution in [-0.4, -0.2) is 5.11 Å². The van der Waals surface area contributed by atoms with Crippen LogP contribution < -0.4 is 0 Å². The molecule has 0 aliphatic rings. The van der Waals surface area contributed by atoms with Crippen LogP contribution in [0.15, 0.2) is 47.4 Å². The van der Waals surface area contributed by atoms with E-state index in [4.69, 9.17) is 28.3 Å². The van der Waals surface area contributed by atoms with E-state index in [1.165, 1.54) is 0 Å². The minimum Gasteiger partial charge on any atom is -0.392 e. The Morgan fingerprint density at radius 1 is 1.00 bits per heavy atom. The monoisotopic (exact) mass is 298 g/mol. The topological polar surface area (TPSA) is 20.2 Å². The molecule has 0 atom stereocenters. The van der Waals surface area contributed by atoms with E-state index >= 15 is 0 Å². The van der Waals surface area contributed by atoms with Crippen LogP contribution in [0.3, 0.4) is 0 Å². The molecule has 0 spiro atoms. The summed E-state index contributed by atoms with van der Waals surface area (Å²) >= 11 is 13.7. The van der Waals surface area contributed by atoms with Crippen molar-refractivity contribution in [2.45, 2.75) is 17.3 Å². The molecule has 0 aliphatic heterocycles. The van der Waals surface area contributed by atoms with Crippen molar-refractivity contribution in [2.24, 2.45) is 0 Å². The lowest BCUT2D eigenvalue weighted by Crippen LogP contribution is -1.84. The molecular formula is C14H12Cl2OS. The fourth-order valence-corrected chi connectivity index (χ4v) is 2.85. The number of halogens is 2. The van der Waals surface area contributed by atoms with Crippen molar-refractivity contribution in [3.05, 3.63) is 63.6 Å². The highest BCUT2D eigenvalue weighted by Crippen LogP contribution is 2.28. The molecule has 0 fully saturated rings. The van der Waals surface area contributed by atoms with E-state index in [0.717, 1.165) is 26.8 Å². The predicted octanol–water partition coefficient (Wildman–Crippen LogP) is 4.78. The molecule has 0 bridgehead atoms. The Bertz CT molecular complexity index is 526. The quantitative estimate of drug-likeness (QED) is 0.820. The highest BCUT2D eigenvalue weighted by Gasteiger charge is 2.03. The third-order valence-corrected chi connectivity index (χ3v) is 4.17. The molecule has 0 aromatic heterocycles. The molecule has 2 aromatic carbocycles. The van der Waals surface area contributed by atoms with Gasteiger partial charge in [-0.05, 0) is 41.5 Å². The lowest BCUT2D eigenvalue weighted by Gasteiger charge is -2.05. The second-order valence-corrected chi connectivity index (χ2v) is 5.72. The number of aliphatic hydroxyl groups is 1. The van der Waals surface area contributed by atoms with Gasteiger partial charge in [-0.1, -0.05) is 35.3 Å².